The van der Waals surface area contributed by atoms with E-state index in [1.54, 1.807) is 0 Å². The standard InChI is InChI=1S/C23H28O/c1-15(2)21-14-18-9-5-6-10-20(18)23(24)22(21)19-12-11-16-7-3-4-8-17(16)13-19/h11-15,24H,3-10H2,1-2H3. The highest BCUT2D eigenvalue weighted by molar-refractivity contribution is 5.78. The van der Waals surface area contributed by atoms with Crippen LogP contribution in [-0.2, 0) is 25.7 Å². The smallest absolute Gasteiger partial charge is 0.127 e. The van der Waals surface area contributed by atoms with E-state index in [1.165, 1.54) is 71.9 Å². The van der Waals surface area contributed by atoms with E-state index in [0.717, 1.165) is 18.4 Å². The fourth-order valence-corrected chi connectivity index (χ4v) is 4.55. The van der Waals surface area contributed by atoms with Gasteiger partial charge in [0, 0.05) is 5.56 Å². The molecule has 1 heteroatoms. The van der Waals surface area contributed by atoms with Crippen LogP contribution in [0.4, 0.5) is 0 Å². The maximum atomic E-state index is 11.1. The van der Waals surface area contributed by atoms with Gasteiger partial charge in [-0.15, -0.1) is 0 Å². The Balaban J connectivity index is 1.90. The fourth-order valence-electron chi connectivity index (χ4n) is 4.55. The third kappa shape index (κ3) is 2.64. The second kappa shape index (κ2) is 6.27. The monoisotopic (exact) mass is 320 g/mol. The Labute approximate surface area is 145 Å². The van der Waals surface area contributed by atoms with Gasteiger partial charge in [-0.2, -0.15) is 0 Å². The average Bonchev–Trinajstić information content (AvgIpc) is 2.61. The number of benzene rings is 2. The third-order valence-corrected chi connectivity index (χ3v) is 5.91. The highest BCUT2D eigenvalue weighted by Crippen LogP contribution is 2.43. The van der Waals surface area contributed by atoms with Crippen molar-refractivity contribution in [3.05, 3.63) is 52.1 Å². The van der Waals surface area contributed by atoms with Crippen molar-refractivity contribution in [1.29, 1.82) is 0 Å². The summed E-state index contributed by atoms with van der Waals surface area (Å²) in [6.45, 7) is 4.48. The molecule has 0 fully saturated rings. The number of aryl methyl sites for hydroxylation is 3. The summed E-state index contributed by atoms with van der Waals surface area (Å²) >= 11 is 0. The number of hydrogen-bond donors (Lipinski definition) is 1. The molecule has 0 atom stereocenters. The molecule has 2 aromatic carbocycles. The topological polar surface area (TPSA) is 20.2 Å². The number of aromatic hydroxyl groups is 1. The Bertz CT molecular complexity index is 770. The van der Waals surface area contributed by atoms with E-state index >= 15 is 0 Å². The summed E-state index contributed by atoms with van der Waals surface area (Å²) in [7, 11) is 0. The molecule has 0 bridgehead atoms. The highest BCUT2D eigenvalue weighted by Gasteiger charge is 2.23. The molecule has 0 spiro atoms. The molecule has 0 heterocycles. The van der Waals surface area contributed by atoms with Crippen molar-refractivity contribution in [2.75, 3.05) is 0 Å². The molecular formula is C23H28O. The van der Waals surface area contributed by atoms with Gasteiger partial charge < -0.3 is 5.11 Å². The van der Waals surface area contributed by atoms with Crippen LogP contribution in [0.3, 0.4) is 0 Å². The lowest BCUT2D eigenvalue weighted by atomic mass is 9.81. The molecule has 126 valence electrons. The van der Waals surface area contributed by atoms with Crippen molar-refractivity contribution >= 4 is 0 Å². The van der Waals surface area contributed by atoms with E-state index in [0.29, 0.717) is 11.7 Å². The van der Waals surface area contributed by atoms with Gasteiger partial charge >= 0.3 is 0 Å². The van der Waals surface area contributed by atoms with Crippen LogP contribution in [0.25, 0.3) is 11.1 Å². The minimum Gasteiger partial charge on any atom is -0.507 e. The quantitative estimate of drug-likeness (QED) is 0.726. The zero-order valence-electron chi connectivity index (χ0n) is 15.0. The molecule has 0 aromatic heterocycles. The van der Waals surface area contributed by atoms with E-state index in [2.05, 4.69) is 38.1 Å². The van der Waals surface area contributed by atoms with Crippen LogP contribution in [0.2, 0.25) is 0 Å². The van der Waals surface area contributed by atoms with Crippen molar-refractivity contribution in [3.63, 3.8) is 0 Å². The molecule has 0 saturated heterocycles. The summed E-state index contributed by atoms with van der Waals surface area (Å²) in [6, 6.07) is 9.27. The maximum Gasteiger partial charge on any atom is 0.127 e. The van der Waals surface area contributed by atoms with Gasteiger partial charge in [0.15, 0.2) is 0 Å². The predicted molar refractivity (Wildman–Crippen MR) is 101 cm³/mol. The third-order valence-electron chi connectivity index (χ3n) is 5.91. The number of fused-ring (bicyclic) bond motifs is 2. The molecule has 0 aliphatic heterocycles. The Morgan fingerprint density at radius 1 is 0.792 bits per heavy atom. The molecule has 24 heavy (non-hydrogen) atoms. The van der Waals surface area contributed by atoms with Crippen molar-refractivity contribution in [2.45, 2.75) is 71.1 Å². The molecule has 2 aliphatic carbocycles. The average molecular weight is 320 g/mol. The van der Waals surface area contributed by atoms with Gasteiger partial charge in [0.1, 0.15) is 5.75 Å². The van der Waals surface area contributed by atoms with Gasteiger partial charge in [-0.1, -0.05) is 38.1 Å². The molecule has 2 aromatic rings. The lowest BCUT2D eigenvalue weighted by molar-refractivity contribution is 0.462. The van der Waals surface area contributed by atoms with E-state index in [1.807, 2.05) is 0 Å². The summed E-state index contributed by atoms with van der Waals surface area (Å²) in [5.74, 6) is 0.987. The SMILES string of the molecule is CC(C)c1cc2c(c(O)c1-c1ccc3c(c1)CCCC3)CCCC2. The van der Waals surface area contributed by atoms with Crippen LogP contribution in [0, 0.1) is 0 Å². The molecule has 1 nitrogen and oxygen atoms in total. The molecular weight excluding hydrogens is 292 g/mol. The maximum absolute atomic E-state index is 11.1. The number of phenols is 1. The van der Waals surface area contributed by atoms with Gasteiger partial charge in [-0.3, -0.25) is 0 Å². The van der Waals surface area contributed by atoms with Crippen molar-refractivity contribution in [2.24, 2.45) is 0 Å². The van der Waals surface area contributed by atoms with Gasteiger partial charge in [-0.05, 0) is 90.7 Å². The normalized spacial score (nSPS) is 16.8. The van der Waals surface area contributed by atoms with Gasteiger partial charge in [-0.25, -0.2) is 0 Å². The van der Waals surface area contributed by atoms with Crippen LogP contribution in [-0.4, -0.2) is 5.11 Å². The van der Waals surface area contributed by atoms with Crippen LogP contribution >= 0.6 is 0 Å². The van der Waals surface area contributed by atoms with Gasteiger partial charge in [0.25, 0.3) is 0 Å². The first-order chi connectivity index (χ1) is 11.6. The van der Waals surface area contributed by atoms with Crippen LogP contribution < -0.4 is 0 Å². The number of rotatable bonds is 2. The summed E-state index contributed by atoms with van der Waals surface area (Å²) in [5, 5.41) is 11.1. The molecule has 1 N–H and O–H groups in total. The predicted octanol–water partition coefficient (Wildman–Crippen LogP) is 5.94. The summed E-state index contributed by atoms with van der Waals surface area (Å²) < 4.78 is 0. The molecule has 0 unspecified atom stereocenters. The molecule has 0 radical (unpaired) electrons. The Morgan fingerprint density at radius 3 is 2.21 bits per heavy atom. The zero-order valence-corrected chi connectivity index (χ0v) is 15.0. The lowest BCUT2D eigenvalue weighted by Gasteiger charge is -2.25. The minimum atomic E-state index is 0.425. The van der Waals surface area contributed by atoms with Crippen LogP contribution in [0.1, 0.15) is 73.3 Å². The first-order valence-electron chi connectivity index (χ1n) is 9.65. The van der Waals surface area contributed by atoms with Gasteiger partial charge in [0.2, 0.25) is 0 Å². The summed E-state index contributed by atoms with van der Waals surface area (Å²) in [5.41, 5.74) is 9.20. The van der Waals surface area contributed by atoms with E-state index < -0.39 is 0 Å². The van der Waals surface area contributed by atoms with E-state index in [4.69, 9.17) is 0 Å². The first-order valence-corrected chi connectivity index (χ1v) is 9.65. The second-order valence-electron chi connectivity index (χ2n) is 7.88. The van der Waals surface area contributed by atoms with Crippen molar-refractivity contribution in [3.8, 4) is 16.9 Å². The Kier molecular flexibility index (Phi) is 4.12. The van der Waals surface area contributed by atoms with E-state index in [-0.39, 0.29) is 0 Å². The van der Waals surface area contributed by atoms with Crippen molar-refractivity contribution in [1.82, 2.24) is 0 Å². The Hall–Kier alpha value is -1.76. The zero-order chi connectivity index (χ0) is 16.7. The van der Waals surface area contributed by atoms with E-state index in [9.17, 15) is 5.11 Å². The molecule has 0 saturated carbocycles. The number of hydrogen-bond acceptors (Lipinski definition) is 1. The summed E-state index contributed by atoms with van der Waals surface area (Å²) in [6.07, 6.45) is 9.60. The van der Waals surface area contributed by atoms with Gasteiger partial charge in [0.05, 0.1) is 0 Å². The number of phenolic OH excluding ortho intramolecular Hbond substituents is 1. The van der Waals surface area contributed by atoms with Crippen LogP contribution in [0.15, 0.2) is 24.3 Å². The molecule has 0 amide bonds. The Morgan fingerprint density at radius 2 is 1.46 bits per heavy atom. The first kappa shape index (κ1) is 15.7. The highest BCUT2D eigenvalue weighted by atomic mass is 16.3. The minimum absolute atomic E-state index is 0.425. The van der Waals surface area contributed by atoms with Crippen LogP contribution in [0.5, 0.6) is 5.75 Å². The second-order valence-corrected chi connectivity index (χ2v) is 7.88. The molecule has 2 aliphatic rings. The van der Waals surface area contributed by atoms with Crippen molar-refractivity contribution < 1.29 is 5.11 Å². The fraction of sp³-hybridized carbons (Fsp3) is 0.478. The lowest BCUT2D eigenvalue weighted by Crippen LogP contribution is -2.07. The molecule has 4 rings (SSSR count). The summed E-state index contributed by atoms with van der Waals surface area (Å²) in [4.78, 5) is 0. The largest absolute Gasteiger partial charge is 0.507 e.